The fraction of sp³-hybridized carbons (Fsp3) is 0.417. The molecule has 4 nitrogen and oxygen atoms in total. The van der Waals surface area contributed by atoms with E-state index in [9.17, 15) is 4.79 Å². The van der Waals surface area contributed by atoms with Crippen LogP contribution in [0.5, 0.6) is 5.75 Å². The number of carbonyl (C=O) groups excluding carboxylic acids is 1. The van der Waals surface area contributed by atoms with Gasteiger partial charge in [0.05, 0.1) is 7.11 Å². The minimum atomic E-state index is 0.0170. The number of carbonyl (C=O) groups is 1. The van der Waals surface area contributed by atoms with Crippen molar-refractivity contribution in [2.75, 3.05) is 13.7 Å². The lowest BCUT2D eigenvalue weighted by Gasteiger charge is -2.14. The summed E-state index contributed by atoms with van der Waals surface area (Å²) in [7, 11) is 1.64. The number of hydrogen-bond acceptors (Lipinski definition) is 2. The molecule has 1 aromatic rings. The summed E-state index contributed by atoms with van der Waals surface area (Å²) in [6.45, 7) is 3.43. The van der Waals surface area contributed by atoms with Crippen LogP contribution in [0.25, 0.3) is 0 Å². The summed E-state index contributed by atoms with van der Waals surface area (Å²) in [6, 6.07) is 8.04. The third-order valence-corrected chi connectivity index (χ3v) is 2.68. The molecule has 0 spiro atoms. The van der Waals surface area contributed by atoms with Crippen molar-refractivity contribution in [3.63, 3.8) is 0 Å². The SMILES string of the molecule is COc1ccc(CN2C[C@H](C)NC2=O)cc1. The van der Waals surface area contributed by atoms with Gasteiger partial charge < -0.3 is 15.0 Å². The van der Waals surface area contributed by atoms with Crippen molar-refractivity contribution >= 4 is 6.03 Å². The second-order valence-electron chi connectivity index (χ2n) is 4.08. The second kappa shape index (κ2) is 4.43. The van der Waals surface area contributed by atoms with Crippen molar-refractivity contribution < 1.29 is 9.53 Å². The van der Waals surface area contributed by atoms with Crippen molar-refractivity contribution in [3.8, 4) is 5.75 Å². The zero-order valence-electron chi connectivity index (χ0n) is 9.56. The summed E-state index contributed by atoms with van der Waals surface area (Å²) < 4.78 is 5.08. The second-order valence-corrected chi connectivity index (χ2v) is 4.08. The summed E-state index contributed by atoms with van der Waals surface area (Å²) in [5.41, 5.74) is 1.12. The Morgan fingerprint density at radius 3 is 2.62 bits per heavy atom. The van der Waals surface area contributed by atoms with E-state index in [4.69, 9.17) is 4.74 Å². The normalized spacial score (nSPS) is 19.8. The fourth-order valence-electron chi connectivity index (χ4n) is 1.85. The van der Waals surface area contributed by atoms with Gasteiger partial charge in [-0.15, -0.1) is 0 Å². The number of nitrogens with one attached hydrogen (secondary N) is 1. The maximum atomic E-state index is 11.5. The molecule has 86 valence electrons. The van der Waals surface area contributed by atoms with Gasteiger partial charge in [0.2, 0.25) is 0 Å². The number of benzene rings is 1. The van der Waals surface area contributed by atoms with Crippen LogP contribution >= 0.6 is 0 Å². The third kappa shape index (κ3) is 2.27. The van der Waals surface area contributed by atoms with Crippen LogP contribution in [0, 0.1) is 0 Å². The van der Waals surface area contributed by atoms with E-state index in [0.717, 1.165) is 17.9 Å². The summed E-state index contributed by atoms with van der Waals surface area (Å²) in [4.78, 5) is 13.3. The average molecular weight is 220 g/mol. The van der Waals surface area contributed by atoms with Crippen LogP contribution in [0.15, 0.2) is 24.3 Å². The van der Waals surface area contributed by atoms with Gasteiger partial charge in [0, 0.05) is 19.1 Å². The topological polar surface area (TPSA) is 41.6 Å². The molecular weight excluding hydrogens is 204 g/mol. The van der Waals surface area contributed by atoms with Gasteiger partial charge in [-0.3, -0.25) is 0 Å². The molecule has 2 rings (SSSR count). The zero-order chi connectivity index (χ0) is 11.5. The summed E-state index contributed by atoms with van der Waals surface area (Å²) in [5, 5.41) is 2.87. The first-order chi connectivity index (χ1) is 7.69. The van der Waals surface area contributed by atoms with Gasteiger partial charge >= 0.3 is 6.03 Å². The molecule has 0 saturated carbocycles. The van der Waals surface area contributed by atoms with Crippen LogP contribution in [-0.2, 0) is 6.54 Å². The fourth-order valence-corrected chi connectivity index (χ4v) is 1.85. The van der Waals surface area contributed by atoms with Crippen LogP contribution in [0.4, 0.5) is 4.79 Å². The minimum Gasteiger partial charge on any atom is -0.497 e. The average Bonchev–Trinajstić information content (AvgIpc) is 2.59. The maximum absolute atomic E-state index is 11.5. The summed E-state index contributed by atoms with van der Waals surface area (Å²) in [6.07, 6.45) is 0. The van der Waals surface area contributed by atoms with Crippen molar-refractivity contribution in [1.29, 1.82) is 0 Å². The Morgan fingerprint density at radius 1 is 1.44 bits per heavy atom. The molecule has 1 aromatic carbocycles. The molecule has 0 radical (unpaired) electrons. The van der Waals surface area contributed by atoms with Crippen LogP contribution in [0.1, 0.15) is 12.5 Å². The number of hydrogen-bond donors (Lipinski definition) is 1. The number of urea groups is 1. The van der Waals surface area contributed by atoms with E-state index in [1.807, 2.05) is 36.1 Å². The van der Waals surface area contributed by atoms with E-state index in [0.29, 0.717) is 6.54 Å². The molecule has 0 aromatic heterocycles. The Bertz CT molecular complexity index is 375. The number of amides is 2. The maximum Gasteiger partial charge on any atom is 0.318 e. The predicted octanol–water partition coefficient (Wildman–Crippen LogP) is 1.61. The Morgan fingerprint density at radius 2 is 2.12 bits per heavy atom. The molecule has 2 amide bonds. The van der Waals surface area contributed by atoms with E-state index < -0.39 is 0 Å². The van der Waals surface area contributed by atoms with Gasteiger partial charge in [0.1, 0.15) is 5.75 Å². The van der Waals surface area contributed by atoms with E-state index in [1.165, 1.54) is 0 Å². The lowest BCUT2D eigenvalue weighted by molar-refractivity contribution is 0.215. The van der Waals surface area contributed by atoms with Crippen molar-refractivity contribution in [2.24, 2.45) is 0 Å². The molecule has 1 aliphatic rings. The molecule has 16 heavy (non-hydrogen) atoms. The first-order valence-corrected chi connectivity index (χ1v) is 5.37. The smallest absolute Gasteiger partial charge is 0.318 e. The van der Waals surface area contributed by atoms with Gasteiger partial charge in [0.25, 0.3) is 0 Å². The standard InChI is InChI=1S/C12H16N2O2/c1-9-7-14(12(15)13-9)8-10-3-5-11(16-2)6-4-10/h3-6,9H,7-8H2,1-2H3,(H,13,15)/t9-/m0/s1. The predicted molar refractivity (Wildman–Crippen MR) is 61.4 cm³/mol. The highest BCUT2D eigenvalue weighted by Gasteiger charge is 2.24. The molecule has 1 saturated heterocycles. The van der Waals surface area contributed by atoms with Crippen LogP contribution in [0.2, 0.25) is 0 Å². The first kappa shape index (κ1) is 10.8. The van der Waals surface area contributed by atoms with Crippen molar-refractivity contribution in [1.82, 2.24) is 10.2 Å². The number of nitrogens with zero attached hydrogens (tertiary/aromatic N) is 1. The molecule has 4 heteroatoms. The van der Waals surface area contributed by atoms with Crippen LogP contribution in [0.3, 0.4) is 0 Å². The lowest BCUT2D eigenvalue weighted by Crippen LogP contribution is -2.27. The van der Waals surface area contributed by atoms with Gasteiger partial charge in [0.15, 0.2) is 0 Å². The van der Waals surface area contributed by atoms with Gasteiger partial charge in [-0.2, -0.15) is 0 Å². The monoisotopic (exact) mass is 220 g/mol. The summed E-state index contributed by atoms with van der Waals surface area (Å²) >= 11 is 0. The molecule has 0 unspecified atom stereocenters. The first-order valence-electron chi connectivity index (χ1n) is 5.37. The molecule has 1 fully saturated rings. The van der Waals surface area contributed by atoms with Crippen LogP contribution < -0.4 is 10.1 Å². The molecule has 1 N–H and O–H groups in total. The molecule has 1 atom stereocenters. The molecule has 0 bridgehead atoms. The van der Waals surface area contributed by atoms with Crippen LogP contribution in [-0.4, -0.2) is 30.6 Å². The highest BCUT2D eigenvalue weighted by atomic mass is 16.5. The highest BCUT2D eigenvalue weighted by Crippen LogP contribution is 2.14. The molecular formula is C12H16N2O2. The summed E-state index contributed by atoms with van der Waals surface area (Å²) in [5.74, 6) is 0.836. The third-order valence-electron chi connectivity index (χ3n) is 2.68. The number of ether oxygens (including phenoxy) is 1. The van der Waals surface area contributed by atoms with Gasteiger partial charge in [-0.25, -0.2) is 4.79 Å². The number of rotatable bonds is 3. The van der Waals surface area contributed by atoms with Gasteiger partial charge in [-0.05, 0) is 24.6 Å². The Labute approximate surface area is 95.2 Å². The Balaban J connectivity index is 2.01. The quantitative estimate of drug-likeness (QED) is 0.840. The number of methoxy groups -OCH3 is 1. The Hall–Kier alpha value is -1.71. The van der Waals surface area contributed by atoms with Crippen molar-refractivity contribution in [3.05, 3.63) is 29.8 Å². The Kier molecular flexibility index (Phi) is 2.99. The van der Waals surface area contributed by atoms with Crippen molar-refractivity contribution in [2.45, 2.75) is 19.5 Å². The lowest BCUT2D eigenvalue weighted by atomic mass is 10.2. The molecule has 1 heterocycles. The van der Waals surface area contributed by atoms with E-state index in [2.05, 4.69) is 5.32 Å². The van der Waals surface area contributed by atoms with E-state index in [-0.39, 0.29) is 12.1 Å². The van der Waals surface area contributed by atoms with E-state index in [1.54, 1.807) is 7.11 Å². The molecule has 1 aliphatic heterocycles. The largest absolute Gasteiger partial charge is 0.497 e. The molecule has 0 aliphatic carbocycles. The highest BCUT2D eigenvalue weighted by molar-refractivity contribution is 5.76. The van der Waals surface area contributed by atoms with E-state index >= 15 is 0 Å². The van der Waals surface area contributed by atoms with Gasteiger partial charge in [-0.1, -0.05) is 12.1 Å². The minimum absolute atomic E-state index is 0.0170. The zero-order valence-corrected chi connectivity index (χ0v) is 9.56.